The molecule has 0 aliphatic carbocycles. The second-order valence-electron chi connectivity index (χ2n) is 4.10. The first-order chi connectivity index (χ1) is 8.52. The highest BCUT2D eigenvalue weighted by molar-refractivity contribution is 7.90. The van der Waals surface area contributed by atoms with E-state index in [2.05, 4.69) is 10.2 Å². The monoisotopic (exact) mass is 265 g/mol. The first-order valence-corrected chi connectivity index (χ1v) is 7.44. The van der Waals surface area contributed by atoms with E-state index in [0.29, 0.717) is 17.9 Å². The number of nitrogens with one attached hydrogen (secondary N) is 1. The van der Waals surface area contributed by atoms with Crippen molar-refractivity contribution < 1.29 is 8.42 Å². The first-order valence-electron chi connectivity index (χ1n) is 5.55. The molecule has 0 amide bonds. The van der Waals surface area contributed by atoms with Crippen molar-refractivity contribution in [1.29, 1.82) is 0 Å². The van der Waals surface area contributed by atoms with Gasteiger partial charge in [0.2, 0.25) is 0 Å². The third kappa shape index (κ3) is 2.60. The van der Waals surface area contributed by atoms with Crippen molar-refractivity contribution >= 4 is 9.84 Å². The van der Waals surface area contributed by atoms with Crippen molar-refractivity contribution in [3.05, 3.63) is 36.2 Å². The van der Waals surface area contributed by atoms with Crippen molar-refractivity contribution in [3.63, 3.8) is 0 Å². The lowest BCUT2D eigenvalue weighted by molar-refractivity contribution is 0.602. The van der Waals surface area contributed by atoms with Gasteiger partial charge in [0, 0.05) is 23.9 Å². The Morgan fingerprint density at radius 1 is 1.28 bits per heavy atom. The highest BCUT2D eigenvalue weighted by atomic mass is 32.2. The molecular weight excluding hydrogens is 250 g/mol. The fraction of sp³-hybridized carbons (Fsp3) is 0.250. The van der Waals surface area contributed by atoms with Gasteiger partial charge in [0.05, 0.1) is 11.1 Å². The van der Waals surface area contributed by atoms with Gasteiger partial charge < -0.3 is 5.73 Å². The summed E-state index contributed by atoms with van der Waals surface area (Å²) in [5.74, 6) is 0. The molecule has 0 fully saturated rings. The Morgan fingerprint density at radius 2 is 1.94 bits per heavy atom. The third-order valence-electron chi connectivity index (χ3n) is 2.71. The van der Waals surface area contributed by atoms with E-state index in [1.807, 2.05) is 0 Å². The molecule has 5 nitrogen and oxygen atoms in total. The molecule has 0 aliphatic rings. The van der Waals surface area contributed by atoms with E-state index in [0.717, 1.165) is 16.8 Å². The molecule has 18 heavy (non-hydrogen) atoms. The number of aromatic nitrogens is 2. The van der Waals surface area contributed by atoms with Crippen LogP contribution in [0.2, 0.25) is 0 Å². The first kappa shape index (κ1) is 12.8. The van der Waals surface area contributed by atoms with Crippen LogP contribution in [0.5, 0.6) is 0 Å². The van der Waals surface area contributed by atoms with Gasteiger partial charge in [-0.1, -0.05) is 12.1 Å². The van der Waals surface area contributed by atoms with Crippen LogP contribution in [0.3, 0.4) is 0 Å². The zero-order valence-corrected chi connectivity index (χ0v) is 10.9. The fourth-order valence-corrected chi connectivity index (χ4v) is 2.41. The Labute approximate surface area is 106 Å². The molecule has 0 bridgehead atoms. The third-order valence-corrected chi connectivity index (χ3v) is 3.83. The number of benzene rings is 1. The molecule has 1 aromatic heterocycles. The minimum Gasteiger partial charge on any atom is -0.330 e. The standard InChI is InChI=1S/C12H15N3O2S/c1-18(16,17)10-4-2-9(3-5-10)11-8-14-15-12(11)6-7-13/h2-5,8H,6-7,13H2,1H3,(H,14,15). The zero-order valence-electron chi connectivity index (χ0n) is 10.1. The summed E-state index contributed by atoms with van der Waals surface area (Å²) in [6.07, 6.45) is 3.63. The van der Waals surface area contributed by atoms with Crippen molar-refractivity contribution in [2.45, 2.75) is 11.3 Å². The number of aromatic amines is 1. The van der Waals surface area contributed by atoms with Crippen molar-refractivity contribution in [3.8, 4) is 11.1 Å². The number of nitrogens with two attached hydrogens (primary N) is 1. The van der Waals surface area contributed by atoms with E-state index >= 15 is 0 Å². The molecule has 0 unspecified atom stereocenters. The van der Waals surface area contributed by atoms with Gasteiger partial charge in [-0.05, 0) is 24.2 Å². The molecular formula is C12H15N3O2S. The number of hydrogen-bond acceptors (Lipinski definition) is 4. The molecule has 0 aliphatic heterocycles. The molecule has 2 aromatic rings. The van der Waals surface area contributed by atoms with Gasteiger partial charge in [-0.15, -0.1) is 0 Å². The summed E-state index contributed by atoms with van der Waals surface area (Å²) in [6, 6.07) is 6.76. The lowest BCUT2D eigenvalue weighted by atomic mass is 10.1. The molecule has 3 N–H and O–H groups in total. The maximum atomic E-state index is 11.4. The Hall–Kier alpha value is -1.66. The van der Waals surface area contributed by atoms with Crippen LogP contribution in [0, 0.1) is 0 Å². The normalized spacial score (nSPS) is 11.7. The van der Waals surface area contributed by atoms with Crippen LogP contribution in [0.1, 0.15) is 5.69 Å². The molecule has 0 spiro atoms. The van der Waals surface area contributed by atoms with Gasteiger partial charge in [-0.3, -0.25) is 5.10 Å². The summed E-state index contributed by atoms with van der Waals surface area (Å²) in [6.45, 7) is 0.538. The average Bonchev–Trinajstić information content (AvgIpc) is 2.77. The van der Waals surface area contributed by atoms with Crippen LogP contribution in [-0.2, 0) is 16.3 Å². The zero-order chi connectivity index (χ0) is 13.2. The second kappa shape index (κ2) is 4.91. The molecule has 0 atom stereocenters. The van der Waals surface area contributed by atoms with Gasteiger partial charge >= 0.3 is 0 Å². The second-order valence-corrected chi connectivity index (χ2v) is 6.11. The summed E-state index contributed by atoms with van der Waals surface area (Å²) in [4.78, 5) is 0.315. The summed E-state index contributed by atoms with van der Waals surface area (Å²) >= 11 is 0. The van der Waals surface area contributed by atoms with Crippen LogP contribution in [0.15, 0.2) is 35.4 Å². The van der Waals surface area contributed by atoms with Gasteiger partial charge in [0.1, 0.15) is 0 Å². The lowest BCUT2D eigenvalue weighted by Gasteiger charge is -2.03. The molecule has 1 heterocycles. The SMILES string of the molecule is CS(=O)(=O)c1ccc(-c2cn[nH]c2CCN)cc1. The average molecular weight is 265 g/mol. The number of rotatable bonds is 4. The van der Waals surface area contributed by atoms with E-state index < -0.39 is 9.84 Å². The summed E-state index contributed by atoms with van der Waals surface area (Å²) in [5.41, 5.74) is 8.37. The Kier molecular flexibility index (Phi) is 3.49. The van der Waals surface area contributed by atoms with E-state index in [9.17, 15) is 8.42 Å². The van der Waals surface area contributed by atoms with E-state index in [1.165, 1.54) is 6.26 Å². The van der Waals surface area contributed by atoms with Crippen LogP contribution in [0.4, 0.5) is 0 Å². The minimum atomic E-state index is -3.15. The maximum absolute atomic E-state index is 11.4. The van der Waals surface area contributed by atoms with E-state index in [-0.39, 0.29) is 0 Å². The van der Waals surface area contributed by atoms with Gasteiger partial charge in [-0.25, -0.2) is 8.42 Å². The van der Waals surface area contributed by atoms with Gasteiger partial charge in [-0.2, -0.15) is 5.10 Å². The Morgan fingerprint density at radius 3 is 2.50 bits per heavy atom. The largest absolute Gasteiger partial charge is 0.330 e. The van der Waals surface area contributed by atoms with Gasteiger partial charge in [0.15, 0.2) is 9.84 Å². The molecule has 1 aromatic carbocycles. The predicted molar refractivity (Wildman–Crippen MR) is 69.9 cm³/mol. The van der Waals surface area contributed by atoms with Gasteiger partial charge in [0.25, 0.3) is 0 Å². The number of sulfone groups is 1. The molecule has 0 radical (unpaired) electrons. The van der Waals surface area contributed by atoms with Crippen molar-refractivity contribution in [2.24, 2.45) is 5.73 Å². The van der Waals surface area contributed by atoms with Crippen LogP contribution in [0.25, 0.3) is 11.1 Å². The molecule has 2 rings (SSSR count). The lowest BCUT2D eigenvalue weighted by Crippen LogP contribution is -2.04. The predicted octanol–water partition coefficient (Wildman–Crippen LogP) is 0.981. The highest BCUT2D eigenvalue weighted by Crippen LogP contribution is 2.23. The summed E-state index contributed by atoms with van der Waals surface area (Å²) in [5, 5.41) is 6.89. The smallest absolute Gasteiger partial charge is 0.175 e. The molecule has 6 heteroatoms. The van der Waals surface area contributed by atoms with E-state index in [1.54, 1.807) is 30.5 Å². The van der Waals surface area contributed by atoms with Crippen LogP contribution in [-0.4, -0.2) is 31.4 Å². The quantitative estimate of drug-likeness (QED) is 0.862. The van der Waals surface area contributed by atoms with Crippen LogP contribution < -0.4 is 5.73 Å². The Bertz CT molecular complexity index is 630. The molecule has 0 saturated carbocycles. The maximum Gasteiger partial charge on any atom is 0.175 e. The van der Waals surface area contributed by atoms with Crippen molar-refractivity contribution in [1.82, 2.24) is 10.2 Å². The van der Waals surface area contributed by atoms with Crippen LogP contribution >= 0.6 is 0 Å². The van der Waals surface area contributed by atoms with Crippen molar-refractivity contribution in [2.75, 3.05) is 12.8 Å². The van der Waals surface area contributed by atoms with E-state index in [4.69, 9.17) is 5.73 Å². The summed E-state index contributed by atoms with van der Waals surface area (Å²) < 4.78 is 22.7. The summed E-state index contributed by atoms with van der Waals surface area (Å²) in [7, 11) is -3.15. The number of H-pyrrole nitrogens is 1. The Balaban J connectivity index is 2.37. The highest BCUT2D eigenvalue weighted by Gasteiger charge is 2.10. The molecule has 96 valence electrons. The number of nitrogens with zero attached hydrogens (tertiary/aromatic N) is 1. The molecule has 0 saturated heterocycles. The minimum absolute atomic E-state index is 0.315. The number of hydrogen-bond donors (Lipinski definition) is 2. The topological polar surface area (TPSA) is 88.8 Å². The fourth-order valence-electron chi connectivity index (χ4n) is 1.78.